The molecule has 6 nitrogen and oxygen atoms in total. The molecule has 2 rings (SSSR count). The number of likely N-dealkylation sites (tertiary alicyclic amines) is 1. The van der Waals surface area contributed by atoms with Crippen molar-refractivity contribution in [1.82, 2.24) is 14.7 Å². The van der Waals surface area contributed by atoms with Gasteiger partial charge in [-0.2, -0.15) is 0 Å². The zero-order valence-electron chi connectivity index (χ0n) is 10.8. The molecule has 2 heterocycles. The van der Waals surface area contributed by atoms with E-state index in [1.54, 1.807) is 0 Å². The Labute approximate surface area is 107 Å². The fourth-order valence-corrected chi connectivity index (χ4v) is 2.72. The highest BCUT2D eigenvalue weighted by molar-refractivity contribution is 5.82. The van der Waals surface area contributed by atoms with Gasteiger partial charge in [0.15, 0.2) is 0 Å². The maximum Gasteiger partial charge on any atom is 0.407 e. The first-order valence-electron chi connectivity index (χ1n) is 6.56. The van der Waals surface area contributed by atoms with Crippen LogP contribution in [0.4, 0.5) is 4.79 Å². The van der Waals surface area contributed by atoms with E-state index in [4.69, 9.17) is 5.11 Å². The number of hydrogen-bond acceptors (Lipinski definition) is 3. The number of carbonyl (C=O) groups excluding carboxylic acids is 1. The molecular weight excluding hydrogens is 234 g/mol. The van der Waals surface area contributed by atoms with Crippen molar-refractivity contribution < 1.29 is 14.7 Å². The molecule has 1 N–H and O–H groups in total. The van der Waals surface area contributed by atoms with Crippen molar-refractivity contribution in [3.63, 3.8) is 0 Å². The van der Waals surface area contributed by atoms with Gasteiger partial charge in [0.1, 0.15) is 0 Å². The summed E-state index contributed by atoms with van der Waals surface area (Å²) in [6.45, 7) is 2.88. The molecule has 0 aromatic heterocycles. The monoisotopic (exact) mass is 255 g/mol. The Morgan fingerprint density at radius 2 is 1.61 bits per heavy atom. The predicted molar refractivity (Wildman–Crippen MR) is 66.4 cm³/mol. The second-order valence-corrected chi connectivity index (χ2v) is 5.09. The summed E-state index contributed by atoms with van der Waals surface area (Å²) in [5.74, 6) is 0.169. The minimum absolute atomic E-state index is 0.00451. The fraction of sp³-hybridized carbons (Fsp3) is 0.833. The zero-order chi connectivity index (χ0) is 13.1. The van der Waals surface area contributed by atoms with Crippen LogP contribution >= 0.6 is 0 Å². The summed E-state index contributed by atoms with van der Waals surface area (Å²) in [7, 11) is 2.00. The normalized spacial score (nSPS) is 26.2. The topological polar surface area (TPSA) is 64.1 Å². The molecule has 2 aliphatic heterocycles. The number of rotatable bonds is 1. The van der Waals surface area contributed by atoms with E-state index >= 15 is 0 Å². The highest BCUT2D eigenvalue weighted by atomic mass is 16.4. The smallest absolute Gasteiger partial charge is 0.407 e. The summed E-state index contributed by atoms with van der Waals surface area (Å²) in [6, 6.07) is -0.00451. The summed E-state index contributed by atoms with van der Waals surface area (Å²) < 4.78 is 0. The highest BCUT2D eigenvalue weighted by Gasteiger charge is 2.32. The number of nitrogens with zero attached hydrogens (tertiary/aromatic N) is 3. The minimum atomic E-state index is -0.892. The van der Waals surface area contributed by atoms with Crippen molar-refractivity contribution >= 4 is 12.0 Å². The van der Waals surface area contributed by atoms with Gasteiger partial charge in [-0.25, -0.2) is 4.79 Å². The van der Waals surface area contributed by atoms with Crippen molar-refractivity contribution in [2.24, 2.45) is 0 Å². The lowest BCUT2D eigenvalue weighted by atomic mass is 10.0. The number of piperazine rings is 1. The maximum absolute atomic E-state index is 12.4. The standard InChI is InChI=1S/C12H21N3O3/c1-13-5-3-2-4-10(13)11(16)14-6-8-15(9-7-14)12(17)18/h10H,2-9H2,1H3,(H,17,18). The van der Waals surface area contributed by atoms with E-state index in [-0.39, 0.29) is 11.9 Å². The predicted octanol–water partition coefficient (Wildman–Crippen LogP) is 0.293. The lowest BCUT2D eigenvalue weighted by molar-refractivity contribution is -0.139. The third-order valence-corrected chi connectivity index (χ3v) is 3.92. The van der Waals surface area contributed by atoms with Gasteiger partial charge in [0.05, 0.1) is 6.04 Å². The quantitative estimate of drug-likeness (QED) is 0.731. The molecule has 6 heteroatoms. The minimum Gasteiger partial charge on any atom is -0.465 e. The summed E-state index contributed by atoms with van der Waals surface area (Å²) in [6.07, 6.45) is 2.30. The first-order valence-corrected chi connectivity index (χ1v) is 6.56. The molecule has 2 aliphatic rings. The summed E-state index contributed by atoms with van der Waals surface area (Å²) in [5.41, 5.74) is 0. The van der Waals surface area contributed by atoms with Crippen molar-refractivity contribution in [1.29, 1.82) is 0 Å². The van der Waals surface area contributed by atoms with Crippen LogP contribution in [0.1, 0.15) is 19.3 Å². The van der Waals surface area contributed by atoms with Gasteiger partial charge in [-0.05, 0) is 26.4 Å². The van der Waals surface area contributed by atoms with Crippen LogP contribution in [-0.2, 0) is 4.79 Å². The van der Waals surface area contributed by atoms with Crippen LogP contribution in [0.3, 0.4) is 0 Å². The van der Waals surface area contributed by atoms with Gasteiger partial charge in [0.25, 0.3) is 0 Å². The van der Waals surface area contributed by atoms with Crippen LogP contribution in [0.2, 0.25) is 0 Å². The van der Waals surface area contributed by atoms with Gasteiger partial charge in [-0.15, -0.1) is 0 Å². The fourth-order valence-electron chi connectivity index (χ4n) is 2.72. The third-order valence-electron chi connectivity index (χ3n) is 3.92. The summed E-state index contributed by atoms with van der Waals surface area (Å²) in [5, 5.41) is 8.87. The van der Waals surface area contributed by atoms with E-state index in [2.05, 4.69) is 4.90 Å². The van der Waals surface area contributed by atoms with Gasteiger partial charge in [0.2, 0.25) is 5.91 Å². The molecule has 0 spiro atoms. The van der Waals surface area contributed by atoms with Crippen LogP contribution < -0.4 is 0 Å². The summed E-state index contributed by atoms with van der Waals surface area (Å²) in [4.78, 5) is 28.5. The molecule has 1 unspecified atom stereocenters. The SMILES string of the molecule is CN1CCCCC1C(=O)N1CCN(C(=O)O)CC1. The molecule has 0 aliphatic carbocycles. The Morgan fingerprint density at radius 1 is 1.00 bits per heavy atom. The number of carboxylic acid groups (broad SMARTS) is 1. The molecular formula is C12H21N3O3. The van der Waals surface area contributed by atoms with Gasteiger partial charge in [0, 0.05) is 26.2 Å². The molecule has 102 valence electrons. The Morgan fingerprint density at radius 3 is 2.17 bits per heavy atom. The van der Waals surface area contributed by atoms with Gasteiger partial charge in [-0.1, -0.05) is 6.42 Å². The average molecular weight is 255 g/mol. The highest BCUT2D eigenvalue weighted by Crippen LogP contribution is 2.18. The van der Waals surface area contributed by atoms with Crippen molar-refractivity contribution in [2.75, 3.05) is 39.8 Å². The van der Waals surface area contributed by atoms with Crippen LogP contribution in [0.25, 0.3) is 0 Å². The van der Waals surface area contributed by atoms with Crippen molar-refractivity contribution in [3.05, 3.63) is 0 Å². The van der Waals surface area contributed by atoms with E-state index in [0.29, 0.717) is 26.2 Å². The van der Waals surface area contributed by atoms with Crippen LogP contribution in [-0.4, -0.2) is 77.6 Å². The van der Waals surface area contributed by atoms with E-state index in [1.165, 1.54) is 4.90 Å². The Hall–Kier alpha value is -1.30. The Kier molecular flexibility index (Phi) is 4.06. The molecule has 18 heavy (non-hydrogen) atoms. The second kappa shape index (κ2) is 5.56. The molecule has 2 fully saturated rings. The van der Waals surface area contributed by atoms with E-state index in [1.807, 2.05) is 11.9 Å². The number of hydrogen-bond donors (Lipinski definition) is 1. The largest absolute Gasteiger partial charge is 0.465 e. The van der Waals surface area contributed by atoms with E-state index in [9.17, 15) is 9.59 Å². The van der Waals surface area contributed by atoms with Gasteiger partial charge >= 0.3 is 6.09 Å². The lowest BCUT2D eigenvalue weighted by Gasteiger charge is -2.38. The van der Waals surface area contributed by atoms with Crippen LogP contribution in [0, 0.1) is 0 Å². The Balaban J connectivity index is 1.88. The van der Waals surface area contributed by atoms with Crippen molar-refractivity contribution in [2.45, 2.75) is 25.3 Å². The van der Waals surface area contributed by atoms with E-state index in [0.717, 1.165) is 25.8 Å². The molecule has 0 bridgehead atoms. The van der Waals surface area contributed by atoms with Gasteiger partial charge < -0.3 is 14.9 Å². The first-order chi connectivity index (χ1) is 8.59. The molecule has 1 atom stereocenters. The molecule has 0 saturated carbocycles. The van der Waals surface area contributed by atoms with E-state index < -0.39 is 6.09 Å². The zero-order valence-corrected chi connectivity index (χ0v) is 10.8. The maximum atomic E-state index is 12.4. The second-order valence-electron chi connectivity index (χ2n) is 5.09. The molecule has 0 aromatic carbocycles. The van der Waals surface area contributed by atoms with Gasteiger partial charge in [-0.3, -0.25) is 9.69 Å². The number of piperidine rings is 1. The third kappa shape index (κ3) is 2.75. The molecule has 2 saturated heterocycles. The number of carbonyl (C=O) groups is 2. The van der Waals surface area contributed by atoms with Crippen LogP contribution in [0.15, 0.2) is 0 Å². The van der Waals surface area contributed by atoms with Crippen molar-refractivity contribution in [3.8, 4) is 0 Å². The number of amides is 2. The molecule has 0 radical (unpaired) electrons. The number of likely N-dealkylation sites (N-methyl/N-ethyl adjacent to an activating group) is 1. The first kappa shape index (κ1) is 13.1. The van der Waals surface area contributed by atoms with Crippen LogP contribution in [0.5, 0.6) is 0 Å². The average Bonchev–Trinajstić information content (AvgIpc) is 2.38. The molecule has 0 aromatic rings. The Bertz CT molecular complexity index is 327. The lowest BCUT2D eigenvalue weighted by Crippen LogP contribution is -2.55. The molecule has 2 amide bonds. The summed E-state index contributed by atoms with van der Waals surface area (Å²) >= 11 is 0.